The van der Waals surface area contributed by atoms with Gasteiger partial charge in [-0.1, -0.05) is 25.5 Å². The molecule has 0 spiro atoms. The van der Waals surface area contributed by atoms with Crippen molar-refractivity contribution >= 4 is 11.7 Å². The molecule has 142 valence electrons. The number of carbonyl (C=O) groups is 2. The lowest BCUT2D eigenvalue weighted by atomic mass is 9.48. The smallest absolute Gasteiger partial charge is 0.247 e. The van der Waals surface area contributed by atoms with Crippen molar-refractivity contribution < 1.29 is 14.3 Å². The van der Waals surface area contributed by atoms with E-state index in [0.717, 1.165) is 31.3 Å². The average Bonchev–Trinajstić information content (AvgIpc) is 2.76. The summed E-state index contributed by atoms with van der Waals surface area (Å²) >= 11 is 0. The zero-order valence-corrected chi connectivity index (χ0v) is 16.4. The van der Waals surface area contributed by atoms with E-state index in [9.17, 15) is 9.59 Å². The van der Waals surface area contributed by atoms with Gasteiger partial charge in [0.15, 0.2) is 0 Å². The summed E-state index contributed by atoms with van der Waals surface area (Å²) in [6.45, 7) is 8.62. The average molecular weight is 357 g/mol. The Bertz CT molecular complexity index is 694. The minimum absolute atomic E-state index is 0.0117. The second-order valence-electron chi connectivity index (χ2n) is 9.48. The number of allylic oxidation sites excluding steroid dienone is 2. The van der Waals surface area contributed by atoms with Crippen molar-refractivity contribution in [3.05, 3.63) is 23.9 Å². The van der Waals surface area contributed by atoms with E-state index in [-0.39, 0.29) is 34.9 Å². The van der Waals surface area contributed by atoms with Gasteiger partial charge in [-0.15, -0.1) is 0 Å². The van der Waals surface area contributed by atoms with E-state index in [2.05, 4.69) is 39.1 Å². The third kappa shape index (κ3) is 2.52. The van der Waals surface area contributed by atoms with Crippen LogP contribution in [0.1, 0.15) is 59.8 Å². The molecule has 0 saturated heterocycles. The molecule has 0 radical (unpaired) electrons. The van der Waals surface area contributed by atoms with E-state index in [1.54, 1.807) is 12.3 Å². The van der Waals surface area contributed by atoms with E-state index in [4.69, 9.17) is 4.74 Å². The van der Waals surface area contributed by atoms with Gasteiger partial charge >= 0.3 is 0 Å². The minimum Gasteiger partial charge on any atom is -0.375 e. The van der Waals surface area contributed by atoms with Crippen molar-refractivity contribution in [1.29, 1.82) is 0 Å². The maximum Gasteiger partial charge on any atom is 0.247 e. The van der Waals surface area contributed by atoms with Gasteiger partial charge in [-0.25, -0.2) is 0 Å². The SMILES string of the molecule is CC(C)O[C@H]1CC[C@H]2[C@@H]3CCC4=CC(=O)NC=C[C@]4(C)[C@H]3C(=O)C[C@]12C. The monoisotopic (exact) mass is 357 g/mol. The molecule has 1 N–H and O–H groups in total. The molecule has 4 rings (SSSR count). The van der Waals surface area contributed by atoms with Crippen LogP contribution in [0.3, 0.4) is 0 Å². The standard InChI is InChI=1S/C22H31NO3/c1-13(2)26-18-8-7-16-15-6-5-14-11-19(25)23-10-9-21(14,3)20(15)17(24)12-22(16,18)4/h9-11,13,15-16,18,20H,5-8,12H2,1-4H3,(H,23,25)/t15-,16-,18-,20+,21-,22-/m0/s1. The summed E-state index contributed by atoms with van der Waals surface area (Å²) in [4.78, 5) is 25.4. The molecule has 6 atom stereocenters. The molecule has 1 heterocycles. The van der Waals surface area contributed by atoms with Gasteiger partial charge in [0.1, 0.15) is 5.78 Å². The van der Waals surface area contributed by atoms with E-state index >= 15 is 0 Å². The molecular weight excluding hydrogens is 326 g/mol. The molecule has 1 amide bonds. The first-order valence-electron chi connectivity index (χ1n) is 10.1. The fourth-order valence-electron chi connectivity index (χ4n) is 6.56. The summed E-state index contributed by atoms with van der Waals surface area (Å²) in [6, 6.07) is 0. The Morgan fingerprint density at radius 1 is 1.19 bits per heavy atom. The Morgan fingerprint density at radius 3 is 2.69 bits per heavy atom. The first-order valence-corrected chi connectivity index (χ1v) is 10.1. The first-order chi connectivity index (χ1) is 12.3. The largest absolute Gasteiger partial charge is 0.375 e. The second kappa shape index (κ2) is 6.05. The van der Waals surface area contributed by atoms with Gasteiger partial charge in [0, 0.05) is 35.4 Å². The fraction of sp³-hybridized carbons (Fsp3) is 0.727. The Kier molecular flexibility index (Phi) is 4.18. The molecule has 3 aliphatic carbocycles. The lowest BCUT2D eigenvalue weighted by molar-refractivity contribution is -0.150. The van der Waals surface area contributed by atoms with Crippen LogP contribution in [-0.2, 0) is 14.3 Å². The summed E-state index contributed by atoms with van der Waals surface area (Å²) in [5.74, 6) is 1.20. The zero-order valence-electron chi connectivity index (χ0n) is 16.4. The number of Topliss-reactive ketones (excluding diaryl/α,β-unsaturated/α-hetero) is 1. The molecule has 1 aliphatic heterocycles. The Balaban J connectivity index is 1.71. The molecule has 0 aromatic rings. The number of hydrogen-bond donors (Lipinski definition) is 1. The number of ketones is 1. The van der Waals surface area contributed by atoms with Crippen LogP contribution in [0.25, 0.3) is 0 Å². The number of rotatable bonds is 2. The van der Waals surface area contributed by atoms with Crippen molar-refractivity contribution in [3.63, 3.8) is 0 Å². The molecule has 0 aromatic carbocycles. The van der Waals surface area contributed by atoms with Crippen molar-refractivity contribution in [2.75, 3.05) is 0 Å². The topological polar surface area (TPSA) is 55.4 Å². The predicted octanol–water partition coefficient (Wildman–Crippen LogP) is 3.77. The van der Waals surface area contributed by atoms with Crippen LogP contribution in [0, 0.1) is 28.6 Å². The molecule has 0 bridgehead atoms. The van der Waals surface area contributed by atoms with Crippen LogP contribution in [0.2, 0.25) is 0 Å². The fourth-order valence-corrected chi connectivity index (χ4v) is 6.56. The van der Waals surface area contributed by atoms with Crippen LogP contribution in [0.4, 0.5) is 0 Å². The van der Waals surface area contributed by atoms with Gasteiger partial charge in [-0.2, -0.15) is 0 Å². The molecular formula is C22H31NO3. The van der Waals surface area contributed by atoms with Gasteiger partial charge in [0.2, 0.25) is 5.91 Å². The van der Waals surface area contributed by atoms with Gasteiger partial charge in [0.25, 0.3) is 0 Å². The van der Waals surface area contributed by atoms with Crippen LogP contribution >= 0.6 is 0 Å². The maximum absolute atomic E-state index is 13.4. The lowest BCUT2D eigenvalue weighted by Crippen LogP contribution is -2.54. The quantitative estimate of drug-likeness (QED) is 0.818. The highest BCUT2D eigenvalue weighted by molar-refractivity contribution is 5.91. The lowest BCUT2D eigenvalue weighted by Gasteiger charge is -2.55. The maximum atomic E-state index is 13.4. The molecule has 26 heavy (non-hydrogen) atoms. The molecule has 0 unspecified atom stereocenters. The molecule has 4 nitrogen and oxygen atoms in total. The van der Waals surface area contributed by atoms with Crippen molar-refractivity contribution in [2.24, 2.45) is 28.6 Å². The highest BCUT2D eigenvalue weighted by Crippen LogP contribution is 2.63. The summed E-state index contributed by atoms with van der Waals surface area (Å²) in [5.41, 5.74) is 0.745. The highest BCUT2D eigenvalue weighted by atomic mass is 16.5. The van der Waals surface area contributed by atoms with Crippen LogP contribution in [0.5, 0.6) is 0 Å². The number of ether oxygens (including phenoxy) is 1. The minimum atomic E-state index is -0.336. The van der Waals surface area contributed by atoms with E-state index in [0.29, 0.717) is 24.0 Å². The summed E-state index contributed by atoms with van der Waals surface area (Å²) in [6.07, 6.45) is 10.7. The zero-order chi connectivity index (χ0) is 18.7. The van der Waals surface area contributed by atoms with Gasteiger partial charge in [0.05, 0.1) is 12.2 Å². The molecule has 4 heteroatoms. The van der Waals surface area contributed by atoms with Gasteiger partial charge < -0.3 is 10.1 Å². The molecule has 3 saturated carbocycles. The summed E-state index contributed by atoms with van der Waals surface area (Å²) < 4.78 is 6.25. The second-order valence-corrected chi connectivity index (χ2v) is 9.48. The summed E-state index contributed by atoms with van der Waals surface area (Å²) in [5, 5.41) is 2.79. The molecule has 0 aromatic heterocycles. The van der Waals surface area contributed by atoms with Crippen molar-refractivity contribution in [1.82, 2.24) is 5.32 Å². The highest BCUT2D eigenvalue weighted by Gasteiger charge is 2.62. The van der Waals surface area contributed by atoms with Crippen LogP contribution in [0.15, 0.2) is 23.9 Å². The van der Waals surface area contributed by atoms with Crippen LogP contribution in [-0.4, -0.2) is 23.9 Å². The van der Waals surface area contributed by atoms with Crippen molar-refractivity contribution in [2.45, 2.75) is 72.0 Å². The number of fused-ring (bicyclic) bond motifs is 5. The summed E-state index contributed by atoms with van der Waals surface area (Å²) in [7, 11) is 0. The number of nitrogens with one attached hydrogen (secondary N) is 1. The van der Waals surface area contributed by atoms with Crippen LogP contribution < -0.4 is 5.32 Å². The molecule has 3 fully saturated rings. The predicted molar refractivity (Wildman–Crippen MR) is 100 cm³/mol. The number of amides is 1. The van der Waals surface area contributed by atoms with Crippen molar-refractivity contribution in [3.8, 4) is 0 Å². The Labute approximate surface area is 156 Å². The van der Waals surface area contributed by atoms with E-state index < -0.39 is 0 Å². The third-order valence-corrected chi connectivity index (χ3v) is 7.65. The van der Waals surface area contributed by atoms with E-state index in [1.807, 2.05) is 0 Å². The van der Waals surface area contributed by atoms with E-state index in [1.165, 1.54) is 0 Å². The van der Waals surface area contributed by atoms with Gasteiger partial charge in [-0.05, 0) is 51.4 Å². The number of carbonyl (C=O) groups excluding carboxylic acids is 2. The number of hydrogen-bond acceptors (Lipinski definition) is 3. The Morgan fingerprint density at radius 2 is 1.96 bits per heavy atom. The Hall–Kier alpha value is -1.42. The third-order valence-electron chi connectivity index (χ3n) is 7.65. The normalized spacial score (nSPS) is 44.7. The molecule has 4 aliphatic rings. The first kappa shape index (κ1) is 18.0. The van der Waals surface area contributed by atoms with Gasteiger partial charge in [-0.3, -0.25) is 9.59 Å².